The Labute approximate surface area is 179 Å². The van der Waals surface area contributed by atoms with E-state index in [0.717, 1.165) is 11.3 Å². The van der Waals surface area contributed by atoms with Crippen LogP contribution in [0.15, 0.2) is 72.8 Å². The average molecular weight is 415 g/mol. The van der Waals surface area contributed by atoms with Crippen molar-refractivity contribution in [2.24, 2.45) is 0 Å². The summed E-state index contributed by atoms with van der Waals surface area (Å²) in [5, 5.41) is 2.82. The smallest absolute Gasteiger partial charge is 0.339 e. The van der Waals surface area contributed by atoms with Gasteiger partial charge in [-0.2, -0.15) is 0 Å². The zero-order chi connectivity index (χ0) is 21.6. The number of amides is 1. The lowest BCUT2D eigenvalue weighted by atomic mass is 9.98. The van der Waals surface area contributed by atoms with Crippen LogP contribution in [-0.4, -0.2) is 30.9 Å². The lowest BCUT2D eigenvalue weighted by Gasteiger charge is -2.17. The van der Waals surface area contributed by atoms with Crippen molar-refractivity contribution in [1.82, 2.24) is 0 Å². The van der Waals surface area contributed by atoms with Gasteiger partial charge >= 0.3 is 5.97 Å². The molecule has 1 amide bonds. The molecule has 31 heavy (non-hydrogen) atoms. The van der Waals surface area contributed by atoms with Gasteiger partial charge in [-0.15, -0.1) is 0 Å². The van der Waals surface area contributed by atoms with Crippen molar-refractivity contribution >= 4 is 23.3 Å². The van der Waals surface area contributed by atoms with Crippen LogP contribution in [0.4, 0.5) is 5.69 Å². The first-order chi connectivity index (χ1) is 15.1. The van der Waals surface area contributed by atoms with Crippen LogP contribution in [0.2, 0.25) is 0 Å². The van der Waals surface area contributed by atoms with Gasteiger partial charge in [0.25, 0.3) is 0 Å². The highest BCUT2D eigenvalue weighted by Gasteiger charge is 2.19. The summed E-state index contributed by atoms with van der Waals surface area (Å²) >= 11 is 0. The molecule has 0 spiro atoms. The number of carbonyl (C=O) groups is 3. The number of anilines is 1. The van der Waals surface area contributed by atoms with Crippen LogP contribution in [0.1, 0.15) is 38.3 Å². The fourth-order valence-corrected chi connectivity index (χ4v) is 3.43. The van der Waals surface area contributed by atoms with Gasteiger partial charge in [-0.1, -0.05) is 48.5 Å². The van der Waals surface area contributed by atoms with Crippen LogP contribution in [-0.2, 0) is 16.0 Å². The second-order valence-electron chi connectivity index (χ2n) is 7.09. The molecule has 0 saturated heterocycles. The molecule has 0 saturated carbocycles. The number of carbonyl (C=O) groups excluding carboxylic acids is 3. The van der Waals surface area contributed by atoms with Gasteiger partial charge in [-0.3, -0.25) is 9.59 Å². The van der Waals surface area contributed by atoms with Gasteiger partial charge < -0.3 is 14.8 Å². The fraction of sp³-hybridized carbons (Fsp3) is 0.160. The molecular formula is C25H21NO5. The van der Waals surface area contributed by atoms with E-state index in [1.165, 1.54) is 0 Å². The number of rotatable bonds is 7. The number of benzene rings is 3. The van der Waals surface area contributed by atoms with Crippen molar-refractivity contribution in [2.75, 3.05) is 18.5 Å². The molecule has 6 heteroatoms. The molecule has 1 aliphatic heterocycles. The first kappa shape index (κ1) is 20.3. The van der Waals surface area contributed by atoms with Gasteiger partial charge in [-0.05, 0) is 36.2 Å². The zero-order valence-corrected chi connectivity index (χ0v) is 16.8. The van der Waals surface area contributed by atoms with E-state index in [2.05, 4.69) is 5.32 Å². The molecule has 156 valence electrons. The van der Waals surface area contributed by atoms with Crippen molar-refractivity contribution in [3.05, 3.63) is 95.1 Å². The van der Waals surface area contributed by atoms with Crippen LogP contribution in [0, 0.1) is 0 Å². The summed E-state index contributed by atoms with van der Waals surface area (Å²) in [6.45, 7) is 0.214. The summed E-state index contributed by atoms with van der Waals surface area (Å²) in [7, 11) is 0. The van der Waals surface area contributed by atoms with E-state index < -0.39 is 5.97 Å². The van der Waals surface area contributed by atoms with Crippen LogP contribution < -0.4 is 10.1 Å². The number of esters is 1. The molecule has 0 fully saturated rings. The number of fused-ring (bicyclic) bond motifs is 1. The van der Waals surface area contributed by atoms with Crippen molar-refractivity contribution < 1.29 is 23.9 Å². The molecule has 0 aromatic heterocycles. The first-order valence-corrected chi connectivity index (χ1v) is 10.0. The lowest BCUT2D eigenvalue weighted by molar-refractivity contribution is -0.116. The van der Waals surface area contributed by atoms with Gasteiger partial charge in [0, 0.05) is 23.2 Å². The van der Waals surface area contributed by atoms with Gasteiger partial charge in [0.1, 0.15) is 19.0 Å². The third-order valence-electron chi connectivity index (χ3n) is 4.98. The van der Waals surface area contributed by atoms with Gasteiger partial charge in [-0.25, -0.2) is 4.79 Å². The Kier molecular flexibility index (Phi) is 6.08. The van der Waals surface area contributed by atoms with Crippen LogP contribution in [0.5, 0.6) is 5.75 Å². The maximum absolute atomic E-state index is 12.8. The molecule has 0 aliphatic carbocycles. The van der Waals surface area contributed by atoms with E-state index in [1.807, 2.05) is 12.1 Å². The third kappa shape index (κ3) is 4.80. The predicted octanol–water partition coefficient (Wildman–Crippen LogP) is 4.04. The number of nitrogens with one attached hydrogen (secondary N) is 1. The van der Waals surface area contributed by atoms with E-state index in [0.29, 0.717) is 29.7 Å². The second-order valence-corrected chi connectivity index (χ2v) is 7.09. The van der Waals surface area contributed by atoms with Crippen molar-refractivity contribution in [1.29, 1.82) is 0 Å². The molecule has 0 unspecified atom stereocenters. The standard InChI is InChI=1S/C25H21NO5/c27-23-13-10-18-16-19(11-12-22(18)26-23)30-14-15-31-25(29)21-9-5-4-8-20(21)24(28)17-6-2-1-3-7-17/h1-9,11-12,16H,10,13-15H2,(H,26,27). The summed E-state index contributed by atoms with van der Waals surface area (Å²) in [6.07, 6.45) is 1.12. The predicted molar refractivity (Wildman–Crippen MR) is 115 cm³/mol. The van der Waals surface area contributed by atoms with E-state index in [9.17, 15) is 14.4 Å². The molecule has 0 bridgehead atoms. The fourth-order valence-electron chi connectivity index (χ4n) is 3.43. The van der Waals surface area contributed by atoms with E-state index in [-0.39, 0.29) is 30.5 Å². The second kappa shape index (κ2) is 9.26. The molecule has 1 heterocycles. The van der Waals surface area contributed by atoms with E-state index >= 15 is 0 Å². The number of ether oxygens (including phenoxy) is 2. The zero-order valence-electron chi connectivity index (χ0n) is 16.8. The summed E-state index contributed by atoms with van der Waals surface area (Å²) < 4.78 is 11.0. The minimum absolute atomic E-state index is 0.0131. The minimum Gasteiger partial charge on any atom is -0.490 e. The topological polar surface area (TPSA) is 81.7 Å². The minimum atomic E-state index is -0.573. The maximum atomic E-state index is 12.8. The largest absolute Gasteiger partial charge is 0.490 e. The Morgan fingerprint density at radius 1 is 0.839 bits per heavy atom. The number of aryl methyl sites for hydroxylation is 1. The number of ketones is 1. The first-order valence-electron chi connectivity index (χ1n) is 10.0. The molecule has 3 aromatic carbocycles. The summed E-state index contributed by atoms with van der Waals surface area (Å²) in [4.78, 5) is 36.8. The third-order valence-corrected chi connectivity index (χ3v) is 4.98. The highest BCUT2D eigenvalue weighted by molar-refractivity contribution is 6.14. The van der Waals surface area contributed by atoms with Crippen LogP contribution in [0.3, 0.4) is 0 Å². The summed E-state index contributed by atoms with van der Waals surface area (Å²) in [5.41, 5.74) is 2.85. The Balaban J connectivity index is 1.35. The molecule has 0 atom stereocenters. The summed E-state index contributed by atoms with van der Waals surface area (Å²) in [6, 6.07) is 20.9. The van der Waals surface area contributed by atoms with Gasteiger partial charge in [0.2, 0.25) is 5.91 Å². The van der Waals surface area contributed by atoms with Crippen molar-refractivity contribution in [3.63, 3.8) is 0 Å². The number of hydrogen-bond acceptors (Lipinski definition) is 5. The normalized spacial score (nSPS) is 12.5. The van der Waals surface area contributed by atoms with Crippen LogP contribution >= 0.6 is 0 Å². The quantitative estimate of drug-likeness (QED) is 0.358. The monoisotopic (exact) mass is 415 g/mol. The average Bonchev–Trinajstić information content (AvgIpc) is 2.81. The maximum Gasteiger partial charge on any atom is 0.339 e. The highest BCUT2D eigenvalue weighted by Crippen LogP contribution is 2.26. The Bertz CT molecular complexity index is 1120. The van der Waals surface area contributed by atoms with Gasteiger partial charge in [0.15, 0.2) is 5.78 Å². The molecule has 4 rings (SSSR count). The Morgan fingerprint density at radius 2 is 1.58 bits per heavy atom. The highest BCUT2D eigenvalue weighted by atomic mass is 16.6. The molecule has 1 N–H and O–H groups in total. The molecular weight excluding hydrogens is 394 g/mol. The molecule has 0 radical (unpaired) electrons. The van der Waals surface area contributed by atoms with Crippen molar-refractivity contribution in [2.45, 2.75) is 12.8 Å². The van der Waals surface area contributed by atoms with Crippen molar-refractivity contribution in [3.8, 4) is 5.75 Å². The Morgan fingerprint density at radius 3 is 2.39 bits per heavy atom. The lowest BCUT2D eigenvalue weighted by Crippen LogP contribution is -2.19. The molecule has 1 aliphatic rings. The van der Waals surface area contributed by atoms with E-state index in [4.69, 9.17) is 9.47 Å². The van der Waals surface area contributed by atoms with Gasteiger partial charge in [0.05, 0.1) is 5.56 Å². The van der Waals surface area contributed by atoms with Crippen LogP contribution in [0.25, 0.3) is 0 Å². The SMILES string of the molecule is O=C1CCc2cc(OCCOC(=O)c3ccccc3C(=O)c3ccccc3)ccc2N1. The number of hydrogen-bond donors (Lipinski definition) is 1. The summed E-state index contributed by atoms with van der Waals surface area (Å²) in [5.74, 6) is -0.146. The van der Waals surface area contributed by atoms with E-state index in [1.54, 1.807) is 60.7 Å². The molecule has 3 aromatic rings. The Hall–Kier alpha value is -3.93. The molecule has 6 nitrogen and oxygen atoms in total.